The van der Waals surface area contributed by atoms with Crippen molar-refractivity contribution < 1.29 is 17.8 Å². The summed E-state index contributed by atoms with van der Waals surface area (Å²) in [6.07, 6.45) is -8.79. The summed E-state index contributed by atoms with van der Waals surface area (Å²) in [6, 6.07) is -2.06. The average molecular weight is 175 g/mol. The molecule has 2 nitrogen and oxygen atoms in total. The van der Waals surface area contributed by atoms with Crippen LogP contribution in [0.3, 0.4) is 0 Å². The number of nitrogens with zero attached hydrogens (tertiary/aromatic N) is 1. The van der Waals surface area contributed by atoms with Crippen LogP contribution in [-0.4, -0.2) is 18.0 Å². The molecule has 0 radical (unpaired) electrons. The summed E-state index contributed by atoms with van der Waals surface area (Å²) in [5, 5.41) is 1.57. The number of hydrogen-bond donors (Lipinski definition) is 1. The monoisotopic (exact) mass is 175 g/mol. The number of piperidine rings is 1. The second kappa shape index (κ2) is 3.68. The highest BCUT2D eigenvalue weighted by Crippen LogP contribution is 2.23. The van der Waals surface area contributed by atoms with Crippen molar-refractivity contribution in [1.29, 1.82) is 0 Å². The van der Waals surface area contributed by atoms with Crippen LogP contribution in [0, 0.1) is 0 Å². The molecule has 0 aliphatic carbocycles. The zero-order valence-corrected chi connectivity index (χ0v) is 5.95. The van der Waals surface area contributed by atoms with Crippen LogP contribution in [0.4, 0.5) is 0 Å². The summed E-state index contributed by atoms with van der Waals surface area (Å²) >= 11 is 0. The van der Waals surface area contributed by atoms with Crippen molar-refractivity contribution in [3.63, 3.8) is 0 Å². The summed E-state index contributed by atoms with van der Waals surface area (Å²) in [6.45, 7) is -6.51. The molecule has 1 fully saturated rings. The van der Waals surface area contributed by atoms with Gasteiger partial charge in [0, 0.05) is 24.7 Å². The van der Waals surface area contributed by atoms with Crippen molar-refractivity contribution in [2.24, 2.45) is 0 Å². The highest BCUT2D eigenvalue weighted by molar-refractivity contribution is 5.16. The predicted octanol–water partition coefficient (Wildman–Crippen LogP) is 1.55. The van der Waals surface area contributed by atoms with Gasteiger partial charge in [-0.05, 0) is 49.3 Å². The minimum atomic E-state index is -3.47. The van der Waals surface area contributed by atoms with E-state index in [9.17, 15) is 0 Å². The van der Waals surface area contributed by atoms with Crippen molar-refractivity contribution in [3.8, 4) is 0 Å². The van der Waals surface area contributed by atoms with E-state index in [0.29, 0.717) is 0 Å². The van der Waals surface area contributed by atoms with Gasteiger partial charge in [-0.15, -0.1) is 0 Å². The Morgan fingerprint density at radius 3 is 2.83 bits per heavy atom. The van der Waals surface area contributed by atoms with Crippen molar-refractivity contribution in [1.82, 2.24) is 10.3 Å². The number of rotatable bonds is 1. The van der Waals surface area contributed by atoms with Crippen LogP contribution in [-0.2, 0) is 0 Å². The van der Waals surface area contributed by atoms with Gasteiger partial charge in [0.15, 0.2) is 0 Å². The molecule has 1 aromatic rings. The summed E-state index contributed by atoms with van der Waals surface area (Å²) in [5.41, 5.74) is -1.10. The molecule has 0 aromatic carbocycles. The van der Waals surface area contributed by atoms with Gasteiger partial charge >= 0.3 is 0 Å². The fraction of sp³-hybridized carbons (Fsp3) is 0.500. The third kappa shape index (κ3) is 1.64. The first-order chi connectivity index (χ1) is 11.0. The van der Waals surface area contributed by atoms with Crippen molar-refractivity contribution in [2.75, 3.05) is 13.0 Å². The van der Waals surface area contributed by atoms with E-state index in [4.69, 9.17) is 17.8 Å². The Labute approximate surface area is 91.3 Å². The molecule has 1 aliphatic heterocycles. The van der Waals surface area contributed by atoms with Crippen LogP contribution in [0.5, 0.6) is 0 Å². The normalized spacial score (nSPS) is 54.5. The summed E-state index contributed by atoms with van der Waals surface area (Å²) in [7, 11) is 0. The maximum absolute atomic E-state index is 8.45. The third-order valence-corrected chi connectivity index (χ3v) is 1.22. The van der Waals surface area contributed by atoms with Gasteiger partial charge in [0.05, 0.1) is 5.48 Å². The third-order valence-electron chi connectivity index (χ3n) is 1.22. The van der Waals surface area contributed by atoms with Gasteiger partial charge in [0.25, 0.3) is 0 Å². The van der Waals surface area contributed by atoms with Gasteiger partial charge in [-0.2, -0.15) is 0 Å². The van der Waals surface area contributed by atoms with Gasteiger partial charge in [-0.1, -0.05) is 0 Å². The van der Waals surface area contributed by atoms with Crippen LogP contribution < -0.4 is 5.32 Å². The smallest absolute Gasteiger partial charge is 0.0840 e. The first-order valence-corrected chi connectivity index (χ1v) is 3.20. The first kappa shape index (κ1) is 1.80. The highest BCUT2D eigenvalue weighted by Gasteiger charge is 2.13. The molecule has 1 saturated heterocycles. The van der Waals surface area contributed by atoms with E-state index in [0.717, 1.165) is 0 Å². The van der Waals surface area contributed by atoms with Crippen LogP contribution in [0.25, 0.3) is 0 Å². The van der Waals surface area contributed by atoms with Gasteiger partial charge in [0.2, 0.25) is 0 Å². The molecular weight excluding hydrogens is 148 g/mol. The van der Waals surface area contributed by atoms with E-state index < -0.39 is 61.6 Å². The lowest BCUT2D eigenvalue weighted by molar-refractivity contribution is 0.460. The molecule has 1 N–H and O–H groups in total. The molecule has 1 aromatic heterocycles. The van der Waals surface area contributed by atoms with Crippen LogP contribution in [0.2, 0.25) is 0 Å². The lowest BCUT2D eigenvalue weighted by atomic mass is 9.91. The van der Waals surface area contributed by atoms with Gasteiger partial charge in [-0.25, -0.2) is 0 Å². The SMILES string of the molecule is [2H]c1nc([2H])c([2H])c(C2([2H])C([2H])([2H])C([2H])([2H])NC([2H])([2H])C2([2H])[2H])c1[2H]. The van der Waals surface area contributed by atoms with Crippen LogP contribution >= 0.6 is 0 Å². The fourth-order valence-corrected chi connectivity index (χ4v) is 0.727. The Hall–Kier alpha value is -0.890. The van der Waals surface area contributed by atoms with Gasteiger partial charge in [0.1, 0.15) is 0 Å². The minimum absolute atomic E-state index is 0.922. The number of aromatic nitrogens is 1. The van der Waals surface area contributed by atoms with Gasteiger partial charge in [-0.3, -0.25) is 4.98 Å². The molecule has 0 saturated carbocycles. The molecule has 1 aliphatic rings. The maximum Gasteiger partial charge on any atom is 0.0840 e. The van der Waals surface area contributed by atoms with Crippen molar-refractivity contribution >= 4 is 0 Å². The summed E-state index contributed by atoms with van der Waals surface area (Å²) < 4.78 is 102. The second-order valence-corrected chi connectivity index (χ2v) is 1.96. The zero-order chi connectivity index (χ0) is 19.8. The standard InChI is InChI=1S/C10H14N2/c1-5-11-6-2-9(1)10-3-7-12-8-4-10/h1-2,5-6,10,12H,3-4,7-8H2/i1D,2D,3D2,4D2,5D,6D,7D2,8D2,10D. The number of pyridine rings is 1. The van der Waals surface area contributed by atoms with E-state index >= 15 is 0 Å². The molecule has 0 bridgehead atoms. The highest BCUT2D eigenvalue weighted by atomic mass is 14.9. The molecule has 0 amide bonds. The molecule has 0 spiro atoms. The average Bonchev–Trinajstić information content (AvgIpc) is 2.42. The van der Waals surface area contributed by atoms with Crippen LogP contribution in [0.1, 0.15) is 42.0 Å². The Morgan fingerprint density at radius 1 is 1.50 bits per heavy atom. The molecule has 12 heavy (non-hydrogen) atoms. The molecular formula is C10H14N2. The second-order valence-electron chi connectivity index (χ2n) is 1.96. The topological polar surface area (TPSA) is 24.9 Å². The summed E-state index contributed by atoms with van der Waals surface area (Å²) in [5.74, 6) is -3.46. The van der Waals surface area contributed by atoms with Crippen molar-refractivity contribution in [2.45, 2.75) is 18.6 Å². The number of nitrogens with one attached hydrogen (secondary N) is 1. The molecule has 2 heterocycles. The van der Waals surface area contributed by atoms with E-state index in [1.807, 2.05) is 0 Å². The Kier molecular flexibility index (Phi) is 0.552. The van der Waals surface area contributed by atoms with E-state index in [2.05, 4.69) is 4.98 Å². The first-order valence-electron chi connectivity index (χ1n) is 9.70. The van der Waals surface area contributed by atoms with E-state index in [1.165, 1.54) is 0 Å². The fourth-order valence-electron chi connectivity index (χ4n) is 0.727. The van der Waals surface area contributed by atoms with Crippen molar-refractivity contribution in [3.05, 3.63) is 30.0 Å². The minimum Gasteiger partial charge on any atom is -0.317 e. The quantitative estimate of drug-likeness (QED) is 0.700. The Bertz CT molecular complexity index is 676. The van der Waals surface area contributed by atoms with E-state index in [1.54, 1.807) is 5.32 Å². The molecule has 0 unspecified atom stereocenters. The molecule has 2 rings (SSSR count). The molecule has 0 atom stereocenters. The lowest BCUT2D eigenvalue weighted by Crippen LogP contribution is -2.26. The van der Waals surface area contributed by atoms with Crippen LogP contribution in [0.15, 0.2) is 24.4 Å². The summed E-state index contributed by atoms with van der Waals surface area (Å²) in [4.78, 5) is 3.25. The molecule has 64 valence electrons. The number of hydrogen-bond acceptors (Lipinski definition) is 2. The Balaban J connectivity index is 3.02. The molecule has 2 heteroatoms. The maximum atomic E-state index is 8.45. The Morgan fingerprint density at radius 2 is 2.17 bits per heavy atom. The lowest BCUT2D eigenvalue weighted by Gasteiger charge is -2.22. The largest absolute Gasteiger partial charge is 0.317 e. The predicted molar refractivity (Wildman–Crippen MR) is 49.1 cm³/mol. The zero-order valence-electron chi connectivity index (χ0n) is 18.9. The van der Waals surface area contributed by atoms with E-state index in [-0.39, 0.29) is 0 Å². The van der Waals surface area contributed by atoms with Gasteiger partial charge < -0.3 is 5.32 Å².